The van der Waals surface area contributed by atoms with Crippen molar-refractivity contribution in [1.82, 2.24) is 4.98 Å². The molecule has 5 rings (SSSR count). The topological polar surface area (TPSA) is 74.7 Å². The van der Waals surface area contributed by atoms with Gasteiger partial charge in [-0.05, 0) is 59.5 Å². The average Bonchev–Trinajstić information content (AvgIpc) is 2.89. The van der Waals surface area contributed by atoms with Gasteiger partial charge < -0.3 is 20.1 Å². The van der Waals surface area contributed by atoms with E-state index in [0.29, 0.717) is 18.8 Å². The van der Waals surface area contributed by atoms with E-state index in [4.69, 9.17) is 4.74 Å². The van der Waals surface area contributed by atoms with Crippen LogP contribution in [0.1, 0.15) is 34.1 Å². The highest BCUT2D eigenvalue weighted by Crippen LogP contribution is 2.42. The molecule has 2 aliphatic heterocycles. The van der Waals surface area contributed by atoms with Crippen LogP contribution in [0.25, 0.3) is 11.1 Å². The van der Waals surface area contributed by atoms with Crippen LogP contribution in [0.2, 0.25) is 0 Å². The summed E-state index contributed by atoms with van der Waals surface area (Å²) in [5.74, 6) is -3.68. The van der Waals surface area contributed by atoms with E-state index in [0.717, 1.165) is 40.9 Å². The van der Waals surface area contributed by atoms with Crippen LogP contribution in [-0.4, -0.2) is 54.1 Å². The van der Waals surface area contributed by atoms with Gasteiger partial charge in [-0.1, -0.05) is 18.2 Å². The molecule has 37 heavy (non-hydrogen) atoms. The maximum absolute atomic E-state index is 15.6. The van der Waals surface area contributed by atoms with Crippen LogP contribution in [-0.2, 0) is 17.1 Å². The van der Waals surface area contributed by atoms with Crippen molar-refractivity contribution in [3.8, 4) is 11.1 Å². The van der Waals surface area contributed by atoms with Crippen LogP contribution < -0.4 is 10.2 Å². The Morgan fingerprint density at radius 1 is 1.24 bits per heavy atom. The molecule has 1 saturated heterocycles. The summed E-state index contributed by atoms with van der Waals surface area (Å²) in [5, 5.41) is 12.6. The Hall–Kier alpha value is -3.43. The van der Waals surface area contributed by atoms with E-state index >= 15 is 4.39 Å². The first-order chi connectivity index (χ1) is 17.6. The maximum atomic E-state index is 15.6. The number of nitrogens with zero attached hydrogens (tertiary/aromatic N) is 2. The van der Waals surface area contributed by atoms with Crippen molar-refractivity contribution >= 4 is 17.3 Å². The van der Waals surface area contributed by atoms with Crippen LogP contribution in [0.5, 0.6) is 0 Å². The number of benzene rings is 2. The Kier molecular flexibility index (Phi) is 6.45. The molecular weight excluding hydrogens is 483 g/mol. The van der Waals surface area contributed by atoms with Crippen molar-refractivity contribution in [1.29, 1.82) is 0 Å². The average molecular weight is 512 g/mol. The van der Waals surface area contributed by atoms with E-state index in [9.17, 15) is 18.7 Å². The van der Waals surface area contributed by atoms with Crippen molar-refractivity contribution < 1.29 is 27.8 Å². The molecule has 2 N–H and O–H groups in total. The summed E-state index contributed by atoms with van der Waals surface area (Å²) < 4.78 is 48.4. The first-order valence-corrected chi connectivity index (χ1v) is 12.1. The highest BCUT2D eigenvalue weighted by Gasteiger charge is 2.48. The number of anilines is 2. The second kappa shape index (κ2) is 9.46. The number of aromatic nitrogens is 1. The number of aliphatic hydroxyl groups is 1. The van der Waals surface area contributed by atoms with E-state index in [1.165, 1.54) is 12.3 Å². The lowest BCUT2D eigenvalue weighted by atomic mass is 9.82. The van der Waals surface area contributed by atoms with Gasteiger partial charge in [0.05, 0.1) is 25.9 Å². The fourth-order valence-electron chi connectivity index (χ4n) is 5.09. The van der Waals surface area contributed by atoms with Gasteiger partial charge in [-0.2, -0.15) is 8.78 Å². The number of fused-ring (bicyclic) bond motifs is 3. The van der Waals surface area contributed by atoms with Crippen LogP contribution in [0, 0.1) is 6.92 Å². The van der Waals surface area contributed by atoms with Crippen molar-refractivity contribution in [2.45, 2.75) is 37.9 Å². The zero-order valence-electron chi connectivity index (χ0n) is 20.6. The normalized spacial score (nSPS) is 21.2. The number of hydrogen-bond donors (Lipinski definition) is 2. The zero-order valence-corrected chi connectivity index (χ0v) is 20.6. The molecule has 1 unspecified atom stereocenters. The SMILES string of the molecule is Cc1ccc(NC(=O)c2ccnc(C(C)(F)F)c2)cc1-c1ccc2c(c1)N1CCOC[C@H]1C(F)(CO)C2. The lowest BCUT2D eigenvalue weighted by molar-refractivity contribution is -0.0173. The third-order valence-electron chi connectivity index (χ3n) is 7.15. The molecule has 2 aliphatic rings. The Labute approximate surface area is 213 Å². The van der Waals surface area contributed by atoms with E-state index in [1.54, 1.807) is 6.07 Å². The summed E-state index contributed by atoms with van der Waals surface area (Å²) in [6, 6.07) is 13.2. The van der Waals surface area contributed by atoms with Gasteiger partial charge in [0.15, 0.2) is 5.67 Å². The number of pyridine rings is 1. The van der Waals surface area contributed by atoms with E-state index in [2.05, 4.69) is 10.3 Å². The molecule has 1 fully saturated rings. The van der Waals surface area contributed by atoms with Crippen molar-refractivity contribution in [3.05, 3.63) is 77.1 Å². The number of nitrogens with one attached hydrogen (secondary N) is 1. The molecule has 3 aromatic rings. The predicted molar refractivity (Wildman–Crippen MR) is 135 cm³/mol. The molecule has 1 aromatic heterocycles. The van der Waals surface area contributed by atoms with Gasteiger partial charge in [-0.15, -0.1) is 0 Å². The summed E-state index contributed by atoms with van der Waals surface area (Å²) >= 11 is 0. The first kappa shape index (κ1) is 25.2. The summed E-state index contributed by atoms with van der Waals surface area (Å²) in [6.45, 7) is 3.32. The first-order valence-electron chi connectivity index (χ1n) is 12.1. The van der Waals surface area contributed by atoms with Crippen molar-refractivity contribution in [2.24, 2.45) is 0 Å². The maximum Gasteiger partial charge on any atom is 0.286 e. The van der Waals surface area contributed by atoms with Gasteiger partial charge in [-0.25, -0.2) is 4.39 Å². The number of halogens is 3. The zero-order chi connectivity index (χ0) is 26.4. The van der Waals surface area contributed by atoms with Crippen LogP contribution in [0.4, 0.5) is 24.5 Å². The van der Waals surface area contributed by atoms with Crippen LogP contribution in [0.3, 0.4) is 0 Å². The van der Waals surface area contributed by atoms with E-state index < -0.39 is 35.8 Å². The number of morpholine rings is 1. The number of aryl methyl sites for hydroxylation is 1. The Morgan fingerprint density at radius 3 is 2.81 bits per heavy atom. The number of ether oxygens (including phenoxy) is 1. The largest absolute Gasteiger partial charge is 0.393 e. The lowest BCUT2D eigenvalue weighted by Gasteiger charge is -2.48. The van der Waals surface area contributed by atoms with Gasteiger partial charge >= 0.3 is 0 Å². The van der Waals surface area contributed by atoms with Gasteiger partial charge in [0.1, 0.15) is 5.69 Å². The molecule has 0 spiro atoms. The standard InChI is InChI=1S/C28H28F3N3O3/c1-17-3-6-21(33-26(36)19-7-8-32-24(12-19)27(2,29)30)13-22(17)18-4-5-20-14-28(31,16-35)25-15-37-10-9-34(25)23(20)11-18/h3-8,11-13,25,35H,9-10,14-16H2,1-2H3,(H,33,36)/t25-,28?/m0/s1. The number of carbonyl (C=O) groups is 1. The highest BCUT2D eigenvalue weighted by atomic mass is 19.3. The van der Waals surface area contributed by atoms with E-state index in [1.807, 2.05) is 42.2 Å². The predicted octanol–water partition coefficient (Wildman–Crippen LogP) is 4.88. The minimum Gasteiger partial charge on any atom is -0.393 e. The quantitative estimate of drug-likeness (QED) is 0.511. The summed E-state index contributed by atoms with van der Waals surface area (Å²) in [4.78, 5) is 18.5. The Balaban J connectivity index is 1.45. The molecule has 2 atom stereocenters. The Bertz CT molecular complexity index is 1340. The molecule has 3 heterocycles. The number of hydrogen-bond acceptors (Lipinski definition) is 5. The monoisotopic (exact) mass is 511 g/mol. The molecule has 2 aromatic carbocycles. The highest BCUT2D eigenvalue weighted by molar-refractivity contribution is 6.04. The van der Waals surface area contributed by atoms with Gasteiger partial charge in [0.2, 0.25) is 0 Å². The Morgan fingerprint density at radius 2 is 2.05 bits per heavy atom. The van der Waals surface area contributed by atoms with Gasteiger partial charge in [0.25, 0.3) is 11.8 Å². The van der Waals surface area contributed by atoms with Gasteiger partial charge in [0, 0.05) is 43.0 Å². The summed E-state index contributed by atoms with van der Waals surface area (Å²) in [5.41, 5.74) is 2.82. The fourth-order valence-corrected chi connectivity index (χ4v) is 5.09. The molecule has 1 amide bonds. The number of carbonyl (C=O) groups excluding carboxylic acids is 1. The van der Waals surface area contributed by atoms with Crippen LogP contribution >= 0.6 is 0 Å². The third-order valence-corrected chi connectivity index (χ3v) is 7.15. The number of amides is 1. The molecule has 0 bridgehead atoms. The second-order valence-corrected chi connectivity index (χ2v) is 9.80. The number of aliphatic hydroxyl groups excluding tert-OH is 1. The smallest absolute Gasteiger partial charge is 0.286 e. The number of alkyl halides is 3. The summed E-state index contributed by atoms with van der Waals surface area (Å²) in [6.07, 6.45) is 1.29. The van der Waals surface area contributed by atoms with Crippen molar-refractivity contribution in [3.63, 3.8) is 0 Å². The molecule has 194 valence electrons. The molecule has 9 heteroatoms. The minimum absolute atomic E-state index is 0.0828. The fraction of sp³-hybridized carbons (Fsp3) is 0.357. The van der Waals surface area contributed by atoms with Gasteiger partial charge in [-0.3, -0.25) is 9.78 Å². The van der Waals surface area contributed by atoms with Crippen LogP contribution in [0.15, 0.2) is 54.7 Å². The van der Waals surface area contributed by atoms with E-state index in [-0.39, 0.29) is 18.6 Å². The molecule has 0 radical (unpaired) electrons. The lowest BCUT2D eigenvalue weighted by Crippen LogP contribution is -2.62. The molecule has 0 saturated carbocycles. The minimum atomic E-state index is -3.15. The second-order valence-electron chi connectivity index (χ2n) is 9.80. The summed E-state index contributed by atoms with van der Waals surface area (Å²) in [7, 11) is 0. The number of rotatable bonds is 5. The molecule has 0 aliphatic carbocycles. The molecule has 6 nitrogen and oxygen atoms in total. The van der Waals surface area contributed by atoms with Crippen molar-refractivity contribution in [2.75, 3.05) is 36.6 Å². The third kappa shape index (κ3) is 4.81. The molecular formula is C28H28F3N3O3.